The van der Waals surface area contributed by atoms with Gasteiger partial charge in [-0.25, -0.2) is 4.79 Å². The van der Waals surface area contributed by atoms with Crippen LogP contribution in [-0.4, -0.2) is 78.7 Å². The Kier molecular flexibility index (Phi) is 17.3. The molecule has 5 N–H and O–H groups in total. The van der Waals surface area contributed by atoms with E-state index in [0.29, 0.717) is 18.6 Å². The van der Waals surface area contributed by atoms with E-state index in [0.717, 1.165) is 5.56 Å². The molecule has 0 aliphatic carbocycles. The summed E-state index contributed by atoms with van der Waals surface area (Å²) >= 11 is 0. The molecule has 0 aliphatic heterocycles. The molecule has 270 valence electrons. The number of ether oxygens (including phenoxy) is 2. The molecular formula is C37H54N4O8. The molecule has 0 bridgehead atoms. The van der Waals surface area contributed by atoms with Gasteiger partial charge in [-0.1, -0.05) is 90.1 Å². The third-order valence-electron chi connectivity index (χ3n) is 7.73. The van der Waals surface area contributed by atoms with E-state index >= 15 is 0 Å². The average molecular weight is 683 g/mol. The number of hydrogen-bond donors (Lipinski definition) is 5. The van der Waals surface area contributed by atoms with Gasteiger partial charge in [0.25, 0.3) is 5.91 Å². The Bertz CT molecular complexity index is 1340. The number of para-hydroxylation sites is 1. The van der Waals surface area contributed by atoms with Crippen LogP contribution in [0.2, 0.25) is 0 Å². The lowest BCUT2D eigenvalue weighted by Crippen LogP contribution is -2.56. The van der Waals surface area contributed by atoms with Crippen LogP contribution in [0.3, 0.4) is 0 Å². The number of carbonyl (C=O) groups is 5. The van der Waals surface area contributed by atoms with Crippen molar-refractivity contribution in [3.05, 3.63) is 66.2 Å². The zero-order chi connectivity index (χ0) is 36.5. The first-order valence-electron chi connectivity index (χ1n) is 16.9. The molecule has 2 aromatic rings. The monoisotopic (exact) mass is 682 g/mol. The molecule has 0 fully saturated rings. The van der Waals surface area contributed by atoms with Crippen molar-refractivity contribution in [2.45, 2.75) is 97.5 Å². The molecule has 12 heteroatoms. The van der Waals surface area contributed by atoms with Gasteiger partial charge < -0.3 is 35.8 Å². The highest BCUT2D eigenvalue weighted by Crippen LogP contribution is 2.15. The summed E-state index contributed by atoms with van der Waals surface area (Å²) in [4.78, 5) is 65.2. The third kappa shape index (κ3) is 15.1. The maximum Gasteiger partial charge on any atom is 0.328 e. The normalized spacial score (nSPS) is 14.3. The lowest BCUT2D eigenvalue weighted by molar-refractivity contribution is -0.145. The number of aliphatic hydroxyl groups is 1. The predicted octanol–water partition coefficient (Wildman–Crippen LogP) is 2.92. The highest BCUT2D eigenvalue weighted by Gasteiger charge is 2.32. The van der Waals surface area contributed by atoms with E-state index in [2.05, 4.69) is 21.3 Å². The van der Waals surface area contributed by atoms with Gasteiger partial charge in [0.05, 0.1) is 25.7 Å². The minimum Gasteiger partial charge on any atom is -0.484 e. The Balaban J connectivity index is 2.08. The molecule has 0 aliphatic rings. The van der Waals surface area contributed by atoms with Crippen molar-refractivity contribution < 1.29 is 38.6 Å². The number of amides is 4. The summed E-state index contributed by atoms with van der Waals surface area (Å²) in [5, 5.41) is 22.2. The first-order valence-corrected chi connectivity index (χ1v) is 16.9. The van der Waals surface area contributed by atoms with Crippen LogP contribution in [-0.2, 0) is 35.1 Å². The van der Waals surface area contributed by atoms with Crippen LogP contribution in [0.15, 0.2) is 60.7 Å². The number of benzene rings is 2. The summed E-state index contributed by atoms with van der Waals surface area (Å²) < 4.78 is 10.4. The Morgan fingerprint density at radius 3 is 1.84 bits per heavy atom. The van der Waals surface area contributed by atoms with E-state index < -0.39 is 66.3 Å². The molecule has 2 rings (SSSR count). The summed E-state index contributed by atoms with van der Waals surface area (Å²) in [5.41, 5.74) is 0.820. The number of esters is 1. The van der Waals surface area contributed by atoms with Crippen LogP contribution in [0.4, 0.5) is 0 Å². The summed E-state index contributed by atoms with van der Waals surface area (Å²) in [5.74, 6) is -2.47. The fourth-order valence-corrected chi connectivity index (χ4v) is 5.25. The number of aliphatic hydroxyl groups excluding tert-OH is 1. The van der Waals surface area contributed by atoms with Crippen LogP contribution in [0.25, 0.3) is 0 Å². The molecule has 0 radical (unpaired) electrons. The van der Waals surface area contributed by atoms with E-state index in [1.54, 1.807) is 38.1 Å². The largest absolute Gasteiger partial charge is 0.484 e. The van der Waals surface area contributed by atoms with Crippen molar-refractivity contribution in [1.29, 1.82) is 0 Å². The van der Waals surface area contributed by atoms with Gasteiger partial charge in [-0.05, 0) is 48.3 Å². The van der Waals surface area contributed by atoms with Gasteiger partial charge in [-0.2, -0.15) is 0 Å². The summed E-state index contributed by atoms with van der Waals surface area (Å²) in [6, 6.07) is 14.3. The van der Waals surface area contributed by atoms with Gasteiger partial charge in [0, 0.05) is 6.42 Å². The molecule has 0 heterocycles. The maximum atomic E-state index is 13.5. The zero-order valence-corrected chi connectivity index (χ0v) is 29.7. The third-order valence-corrected chi connectivity index (χ3v) is 7.73. The van der Waals surface area contributed by atoms with E-state index in [1.165, 1.54) is 7.11 Å². The Hall–Kier alpha value is -4.45. The molecule has 12 nitrogen and oxygen atoms in total. The van der Waals surface area contributed by atoms with Gasteiger partial charge in [0.2, 0.25) is 17.7 Å². The van der Waals surface area contributed by atoms with Crippen LogP contribution in [0.5, 0.6) is 5.75 Å². The molecule has 2 aromatic carbocycles. The smallest absolute Gasteiger partial charge is 0.328 e. The Labute approximate surface area is 290 Å². The van der Waals surface area contributed by atoms with E-state index in [9.17, 15) is 29.1 Å². The Morgan fingerprint density at radius 2 is 1.29 bits per heavy atom. The first kappa shape index (κ1) is 40.7. The molecule has 1 unspecified atom stereocenters. The molecule has 0 aromatic heterocycles. The SMILES string of the molecule is COC(=O)[C@H](Cc1ccccc1)NC(=O)[C@@H](NC(=O)C[C@H](O)C(CC(C)C)NC(=O)[C@H](CC(C)C)NC(=O)COc1ccccc1)C(C)C. The Morgan fingerprint density at radius 1 is 0.694 bits per heavy atom. The summed E-state index contributed by atoms with van der Waals surface area (Å²) in [7, 11) is 1.24. The number of nitrogens with one attached hydrogen (secondary N) is 4. The molecule has 0 spiro atoms. The standard InChI is InChI=1S/C37H54N4O8/c1-23(2)18-28(39-35(45)29(19-24(3)4)38-33(44)22-49-27-16-12-9-13-17-27)31(42)21-32(43)41-34(25(5)6)36(46)40-30(37(47)48-7)20-26-14-10-8-11-15-26/h8-17,23-25,28-31,34,42H,18-22H2,1-7H3,(H,38,44)(H,39,45)(H,40,46)(H,41,43)/t28?,29-,30-,31-,34-/m0/s1. The van der Waals surface area contributed by atoms with Gasteiger partial charge in [0.1, 0.15) is 23.9 Å². The number of rotatable bonds is 20. The minimum absolute atomic E-state index is 0.0504. The van der Waals surface area contributed by atoms with Crippen LogP contribution in [0, 0.1) is 17.8 Å². The van der Waals surface area contributed by atoms with Crippen molar-refractivity contribution in [3.8, 4) is 5.75 Å². The number of carbonyl (C=O) groups excluding carboxylic acids is 5. The molecule has 5 atom stereocenters. The maximum absolute atomic E-state index is 13.5. The second-order valence-electron chi connectivity index (χ2n) is 13.4. The highest BCUT2D eigenvalue weighted by atomic mass is 16.5. The van der Waals surface area contributed by atoms with Gasteiger partial charge in [-0.15, -0.1) is 0 Å². The van der Waals surface area contributed by atoms with E-state index in [1.807, 2.05) is 64.1 Å². The first-order chi connectivity index (χ1) is 23.2. The quantitative estimate of drug-likeness (QED) is 0.133. The lowest BCUT2D eigenvalue weighted by atomic mass is 9.95. The van der Waals surface area contributed by atoms with E-state index in [4.69, 9.17) is 9.47 Å². The summed E-state index contributed by atoms with van der Waals surface area (Å²) in [6.07, 6.45) is -0.791. The van der Waals surface area contributed by atoms with Crippen LogP contribution in [0.1, 0.15) is 66.4 Å². The predicted molar refractivity (Wildman–Crippen MR) is 186 cm³/mol. The molecular weight excluding hydrogens is 628 g/mol. The highest BCUT2D eigenvalue weighted by molar-refractivity contribution is 5.91. The lowest BCUT2D eigenvalue weighted by Gasteiger charge is -2.29. The fraction of sp³-hybridized carbons (Fsp3) is 0.541. The number of methoxy groups -OCH3 is 1. The second kappa shape index (κ2) is 20.8. The average Bonchev–Trinajstić information content (AvgIpc) is 3.05. The van der Waals surface area contributed by atoms with Crippen molar-refractivity contribution in [1.82, 2.24) is 21.3 Å². The van der Waals surface area contributed by atoms with Crippen LogP contribution < -0.4 is 26.0 Å². The molecule has 49 heavy (non-hydrogen) atoms. The molecule has 0 saturated carbocycles. The molecule has 4 amide bonds. The van der Waals surface area contributed by atoms with Gasteiger partial charge >= 0.3 is 5.97 Å². The van der Waals surface area contributed by atoms with Crippen molar-refractivity contribution in [2.24, 2.45) is 17.8 Å². The minimum atomic E-state index is -1.29. The fourth-order valence-electron chi connectivity index (χ4n) is 5.25. The number of hydrogen-bond acceptors (Lipinski definition) is 8. The van der Waals surface area contributed by atoms with Crippen molar-refractivity contribution in [2.75, 3.05) is 13.7 Å². The van der Waals surface area contributed by atoms with Crippen LogP contribution >= 0.6 is 0 Å². The zero-order valence-electron chi connectivity index (χ0n) is 29.7. The van der Waals surface area contributed by atoms with Crippen molar-refractivity contribution >= 4 is 29.6 Å². The van der Waals surface area contributed by atoms with Crippen molar-refractivity contribution in [3.63, 3.8) is 0 Å². The topological polar surface area (TPSA) is 172 Å². The van der Waals surface area contributed by atoms with Gasteiger partial charge in [-0.3, -0.25) is 19.2 Å². The summed E-state index contributed by atoms with van der Waals surface area (Å²) in [6.45, 7) is 10.9. The molecule has 0 saturated heterocycles. The van der Waals surface area contributed by atoms with E-state index in [-0.39, 0.29) is 30.8 Å². The van der Waals surface area contributed by atoms with Gasteiger partial charge in [0.15, 0.2) is 6.61 Å². The second-order valence-corrected chi connectivity index (χ2v) is 13.4.